The van der Waals surface area contributed by atoms with Crippen LogP contribution in [-0.2, 0) is 0 Å². The molecule has 2 nitrogen and oxygen atoms in total. The highest BCUT2D eigenvalue weighted by Crippen LogP contribution is 2.44. The van der Waals surface area contributed by atoms with E-state index in [9.17, 15) is 0 Å². The summed E-state index contributed by atoms with van der Waals surface area (Å²) in [5.41, 5.74) is 15.3. The van der Waals surface area contributed by atoms with Crippen molar-refractivity contribution in [1.82, 2.24) is 4.57 Å². The summed E-state index contributed by atoms with van der Waals surface area (Å²) in [6, 6.07) is 76.8. The van der Waals surface area contributed by atoms with Crippen molar-refractivity contribution in [1.29, 1.82) is 0 Å². The average Bonchev–Trinajstić information content (AvgIpc) is 3.83. The molecular weight excluding hydrogens is 709 g/mol. The summed E-state index contributed by atoms with van der Waals surface area (Å²) in [5, 5.41) is 8.91. The van der Waals surface area contributed by atoms with Gasteiger partial charge in [0.05, 0.1) is 11.0 Å². The van der Waals surface area contributed by atoms with Crippen molar-refractivity contribution in [3.05, 3.63) is 212 Å². The number of rotatable bonds is 7. The first-order valence-electron chi connectivity index (χ1n) is 19.4. The average molecular weight is 745 g/mol. The van der Waals surface area contributed by atoms with Gasteiger partial charge >= 0.3 is 0 Å². The molecule has 11 aromatic rings. The normalized spacial score (nSPS) is 11.5. The van der Waals surface area contributed by atoms with Gasteiger partial charge in [-0.15, -0.1) is 11.3 Å². The third-order valence-electron chi connectivity index (χ3n) is 11.2. The lowest BCUT2D eigenvalue weighted by molar-refractivity contribution is 1.18. The van der Waals surface area contributed by atoms with E-state index in [0.717, 1.165) is 22.6 Å². The van der Waals surface area contributed by atoms with Crippen molar-refractivity contribution in [3.8, 4) is 50.2 Å². The zero-order chi connectivity index (χ0) is 37.7. The van der Waals surface area contributed by atoms with Crippen LogP contribution in [0.5, 0.6) is 0 Å². The molecule has 0 saturated heterocycles. The molecule has 0 radical (unpaired) electrons. The smallest absolute Gasteiger partial charge is 0.0555 e. The highest BCUT2D eigenvalue weighted by molar-refractivity contribution is 7.26. The Morgan fingerprint density at radius 1 is 0.368 bits per heavy atom. The van der Waals surface area contributed by atoms with Gasteiger partial charge in [-0.05, 0) is 99.6 Å². The van der Waals surface area contributed by atoms with Gasteiger partial charge in [-0.3, -0.25) is 0 Å². The van der Waals surface area contributed by atoms with Crippen LogP contribution in [-0.4, -0.2) is 4.57 Å². The number of aromatic nitrogens is 1. The minimum atomic E-state index is 1.06. The first kappa shape index (κ1) is 33.2. The molecule has 2 aromatic heterocycles. The van der Waals surface area contributed by atoms with Crippen molar-refractivity contribution in [3.63, 3.8) is 0 Å². The second kappa shape index (κ2) is 13.8. The standard InChI is InChI=1S/C54H36N2S/c1-3-12-36(13-4-1)38-22-27-43(28-23-38)55-49-20-9-7-18-45(49)42-17-11-16-40(34-42)41-26-32-50-48(35-41)53-51(33-31-47-46-19-8-10-21-52(46)57-54(47)53)56(50)44-29-24-39(25-30-44)37-14-5-2-6-15-37/h1-35,55H. The van der Waals surface area contributed by atoms with Crippen molar-refractivity contribution in [2.45, 2.75) is 0 Å². The van der Waals surface area contributed by atoms with Crippen LogP contribution in [0.2, 0.25) is 0 Å². The Bertz CT molecular complexity index is 3230. The Morgan fingerprint density at radius 2 is 0.947 bits per heavy atom. The highest BCUT2D eigenvalue weighted by atomic mass is 32.1. The number of benzene rings is 9. The molecule has 0 saturated carbocycles. The van der Waals surface area contributed by atoms with E-state index in [1.807, 2.05) is 11.3 Å². The minimum absolute atomic E-state index is 1.06. The first-order valence-corrected chi connectivity index (χ1v) is 20.2. The molecule has 0 amide bonds. The van der Waals surface area contributed by atoms with Crippen LogP contribution in [0.1, 0.15) is 0 Å². The number of thiophene rings is 1. The predicted molar refractivity (Wildman–Crippen MR) is 245 cm³/mol. The zero-order valence-electron chi connectivity index (χ0n) is 31.1. The summed E-state index contributed by atoms with van der Waals surface area (Å²) in [5.74, 6) is 0. The van der Waals surface area contributed by atoms with Crippen molar-refractivity contribution >= 4 is 64.7 Å². The van der Waals surface area contributed by atoms with E-state index in [4.69, 9.17) is 0 Å². The monoisotopic (exact) mass is 744 g/mol. The number of nitrogens with one attached hydrogen (secondary N) is 1. The second-order valence-corrected chi connectivity index (χ2v) is 15.7. The van der Waals surface area contributed by atoms with Gasteiger partial charge < -0.3 is 9.88 Å². The number of para-hydroxylation sites is 1. The SMILES string of the molecule is c1ccc(-c2ccc(Nc3ccccc3-c3cccc(-c4ccc5c(c4)c4c6sc7ccccc7c6ccc4n5-c4ccc(-c5ccccc5)cc4)c3)cc2)cc1. The molecule has 9 aromatic carbocycles. The molecule has 268 valence electrons. The lowest BCUT2D eigenvalue weighted by atomic mass is 9.97. The number of nitrogens with zero attached hydrogens (tertiary/aromatic N) is 1. The summed E-state index contributed by atoms with van der Waals surface area (Å²) >= 11 is 1.90. The van der Waals surface area contributed by atoms with Crippen molar-refractivity contribution in [2.75, 3.05) is 5.32 Å². The van der Waals surface area contributed by atoms with Gasteiger partial charge in [0.1, 0.15) is 0 Å². The molecule has 0 unspecified atom stereocenters. The number of hydrogen-bond donors (Lipinski definition) is 1. The summed E-state index contributed by atoms with van der Waals surface area (Å²) in [6.45, 7) is 0. The molecule has 0 fully saturated rings. The van der Waals surface area contributed by atoms with E-state index >= 15 is 0 Å². The predicted octanol–water partition coefficient (Wildman–Crippen LogP) is 15.6. The van der Waals surface area contributed by atoms with Gasteiger partial charge in [0.15, 0.2) is 0 Å². The first-order chi connectivity index (χ1) is 28.2. The molecule has 0 aliphatic rings. The summed E-state index contributed by atoms with van der Waals surface area (Å²) in [7, 11) is 0. The topological polar surface area (TPSA) is 17.0 Å². The molecule has 11 rings (SSSR count). The Balaban J connectivity index is 1.01. The van der Waals surface area contributed by atoms with E-state index in [2.05, 4.69) is 222 Å². The Labute approximate surface area is 335 Å². The van der Waals surface area contributed by atoms with Crippen LogP contribution >= 0.6 is 11.3 Å². The molecule has 0 aliphatic carbocycles. The maximum atomic E-state index is 3.71. The van der Waals surface area contributed by atoms with Crippen molar-refractivity contribution in [2.24, 2.45) is 0 Å². The zero-order valence-corrected chi connectivity index (χ0v) is 31.9. The maximum Gasteiger partial charge on any atom is 0.0555 e. The number of anilines is 2. The van der Waals surface area contributed by atoms with Crippen LogP contribution in [0.3, 0.4) is 0 Å². The van der Waals surface area contributed by atoms with Gasteiger partial charge in [-0.25, -0.2) is 0 Å². The fraction of sp³-hybridized carbons (Fsp3) is 0. The molecule has 0 bridgehead atoms. The fourth-order valence-electron chi connectivity index (χ4n) is 8.42. The summed E-state index contributed by atoms with van der Waals surface area (Å²) in [6.07, 6.45) is 0. The molecule has 0 aliphatic heterocycles. The number of fused-ring (bicyclic) bond motifs is 7. The van der Waals surface area contributed by atoms with Crippen LogP contribution < -0.4 is 5.32 Å². The molecular formula is C54H36N2S. The van der Waals surface area contributed by atoms with Gasteiger partial charge in [0.2, 0.25) is 0 Å². The van der Waals surface area contributed by atoms with Crippen LogP contribution in [0, 0.1) is 0 Å². The molecule has 1 N–H and O–H groups in total. The van der Waals surface area contributed by atoms with E-state index in [1.165, 1.54) is 80.9 Å². The van der Waals surface area contributed by atoms with Gasteiger partial charge in [-0.2, -0.15) is 0 Å². The fourth-order valence-corrected chi connectivity index (χ4v) is 9.68. The summed E-state index contributed by atoms with van der Waals surface area (Å²) < 4.78 is 5.09. The van der Waals surface area contributed by atoms with Crippen LogP contribution in [0.4, 0.5) is 11.4 Å². The van der Waals surface area contributed by atoms with E-state index in [1.54, 1.807) is 0 Å². The molecule has 2 heterocycles. The van der Waals surface area contributed by atoms with Gasteiger partial charge in [0.25, 0.3) is 0 Å². The number of hydrogen-bond acceptors (Lipinski definition) is 2. The Hall–Kier alpha value is -7.20. The van der Waals surface area contributed by atoms with Gasteiger partial charge in [0, 0.05) is 53.6 Å². The molecule has 57 heavy (non-hydrogen) atoms. The lowest BCUT2D eigenvalue weighted by Crippen LogP contribution is -1.94. The molecule has 0 spiro atoms. The van der Waals surface area contributed by atoms with E-state index < -0.39 is 0 Å². The van der Waals surface area contributed by atoms with E-state index in [-0.39, 0.29) is 0 Å². The minimum Gasteiger partial charge on any atom is -0.355 e. The van der Waals surface area contributed by atoms with Crippen LogP contribution in [0.15, 0.2) is 212 Å². The largest absolute Gasteiger partial charge is 0.355 e. The summed E-state index contributed by atoms with van der Waals surface area (Å²) in [4.78, 5) is 0. The highest BCUT2D eigenvalue weighted by Gasteiger charge is 2.19. The third-order valence-corrected chi connectivity index (χ3v) is 12.4. The van der Waals surface area contributed by atoms with Crippen LogP contribution in [0.25, 0.3) is 92.2 Å². The maximum absolute atomic E-state index is 3.71. The second-order valence-electron chi connectivity index (χ2n) is 14.6. The Morgan fingerprint density at radius 3 is 1.72 bits per heavy atom. The Kier molecular flexibility index (Phi) is 8.04. The molecule has 0 atom stereocenters. The van der Waals surface area contributed by atoms with Crippen molar-refractivity contribution < 1.29 is 0 Å². The molecule has 3 heteroatoms. The quantitative estimate of drug-likeness (QED) is 0.172. The third kappa shape index (κ3) is 5.88. The lowest BCUT2D eigenvalue weighted by Gasteiger charge is -2.14. The van der Waals surface area contributed by atoms with E-state index in [0.29, 0.717) is 0 Å². The van der Waals surface area contributed by atoms with Gasteiger partial charge in [-0.1, -0.05) is 152 Å².